The Balaban J connectivity index is 0.000000113. The lowest BCUT2D eigenvalue weighted by Gasteiger charge is -2.52. The Morgan fingerprint density at radius 3 is 0.887 bits per heavy atom. The van der Waals surface area contributed by atoms with E-state index in [9.17, 15) is 24.0 Å². The van der Waals surface area contributed by atoms with Crippen molar-refractivity contribution in [1.82, 2.24) is 57.7 Å². The van der Waals surface area contributed by atoms with Crippen LogP contribution in [0, 0.1) is 38.9 Å². The Morgan fingerprint density at radius 2 is 0.620 bits per heavy atom. The van der Waals surface area contributed by atoms with Crippen LogP contribution in [0.25, 0.3) is 0 Å². The van der Waals surface area contributed by atoms with Crippen LogP contribution in [0.5, 0.6) is 5.88 Å². The van der Waals surface area contributed by atoms with E-state index in [0.717, 1.165) is 142 Å². The number of aliphatic imine (C=N–C) groups is 5. The van der Waals surface area contributed by atoms with Crippen LogP contribution >= 0.6 is 92.8 Å². The van der Waals surface area contributed by atoms with Crippen LogP contribution in [0.3, 0.4) is 0 Å². The molecule has 14 aliphatic rings. The molecule has 4 saturated carbocycles. The van der Waals surface area contributed by atoms with Gasteiger partial charge < -0.3 is 63.6 Å². The molecule has 7 aromatic heterocycles. The van der Waals surface area contributed by atoms with E-state index < -0.39 is 0 Å². The van der Waals surface area contributed by atoms with Crippen molar-refractivity contribution in [2.24, 2.45) is 128 Å². The first-order chi connectivity index (χ1) is 71.8. The SMILES string of the molecule is COc1nccc(C2=NCc3nc(N4CCC5(CC[C@@H](C)[C@H]5N)CC4)n(C)c(=O)c32)c1Cl.C[C@@H]1CCC2(CCN(c3nc4c(c(=O)n3C)C(c3cccc(Cl)c3Cl)=NC4)CC2)[C@@H]1N.Cn1c(N2CCC(C)(CN)CC2)nc2c(c1=O)C(c1cccc(Cl)c1Cl)=NC2.Cn1c(N2CCC3(CCC[C@H]3N)CC2)nc2c(c1=O)C(c1ccnc(N)c1Cl)=NC2.Cn1c(N2CCC3(CC[C@@H]3N)CC2)nc2c(c1=O)C(c1cccc(Cl)c1Cl)=NC2. The van der Waals surface area contributed by atoms with Gasteiger partial charge in [0.2, 0.25) is 35.6 Å². The van der Waals surface area contributed by atoms with E-state index in [0.29, 0.717) is 257 Å². The van der Waals surface area contributed by atoms with Crippen molar-refractivity contribution in [3.8, 4) is 5.88 Å². The minimum Gasteiger partial charge on any atom is -0.480 e. The highest BCUT2D eigenvalue weighted by atomic mass is 35.5. The molecular formula is C108H128Cl8N28O6. The number of aromatic nitrogens is 12. The predicted octanol–water partition coefficient (Wildman–Crippen LogP) is 14.3. The molecule has 3 aromatic carbocycles. The predicted molar refractivity (Wildman–Crippen MR) is 599 cm³/mol. The molecule has 9 fully saturated rings. The van der Waals surface area contributed by atoms with Crippen molar-refractivity contribution in [3.05, 3.63) is 255 Å². The molecule has 10 aliphatic heterocycles. The number of anilines is 6. The van der Waals surface area contributed by atoms with Gasteiger partial charge in [-0.15, -0.1) is 0 Å². The van der Waals surface area contributed by atoms with Gasteiger partial charge in [-0.05, 0) is 191 Å². The number of halogens is 8. The summed E-state index contributed by atoms with van der Waals surface area (Å²) < 4.78 is 13.4. The van der Waals surface area contributed by atoms with E-state index in [1.165, 1.54) is 52.1 Å². The van der Waals surface area contributed by atoms with Crippen molar-refractivity contribution < 1.29 is 4.74 Å². The minimum absolute atomic E-state index is 0.0984. The van der Waals surface area contributed by atoms with E-state index >= 15 is 0 Å². The zero-order chi connectivity index (χ0) is 106. The van der Waals surface area contributed by atoms with Crippen LogP contribution in [0.2, 0.25) is 40.2 Å². The number of ether oxygens (including phenoxy) is 1. The van der Waals surface area contributed by atoms with Gasteiger partial charge >= 0.3 is 0 Å². The van der Waals surface area contributed by atoms with E-state index in [4.69, 9.17) is 157 Å². The summed E-state index contributed by atoms with van der Waals surface area (Å²) in [4.78, 5) is 133. The highest BCUT2D eigenvalue weighted by molar-refractivity contribution is 6.46. The molecule has 792 valence electrons. The molecule has 0 unspecified atom stereocenters. The number of nitrogen functional groups attached to an aromatic ring is 1. The lowest BCUT2D eigenvalue weighted by Crippen LogP contribution is -2.56. The molecule has 150 heavy (non-hydrogen) atoms. The lowest BCUT2D eigenvalue weighted by atomic mass is 9.60. The van der Waals surface area contributed by atoms with Gasteiger partial charge in [-0.3, -0.25) is 71.8 Å². The highest BCUT2D eigenvalue weighted by Crippen LogP contribution is 2.53. The minimum atomic E-state index is -0.115. The molecule has 24 rings (SSSR count). The van der Waals surface area contributed by atoms with E-state index in [1.54, 1.807) is 107 Å². The molecule has 6 atom stereocenters. The normalized spacial score (nSPS) is 22.4. The van der Waals surface area contributed by atoms with E-state index in [1.807, 2.05) is 30.3 Å². The van der Waals surface area contributed by atoms with Gasteiger partial charge in [0.05, 0.1) is 160 Å². The van der Waals surface area contributed by atoms with E-state index in [2.05, 4.69) is 80.2 Å². The van der Waals surface area contributed by atoms with Crippen molar-refractivity contribution in [1.29, 1.82) is 0 Å². The number of nitrogens with zero attached hydrogens (tertiary/aromatic N) is 22. The summed E-state index contributed by atoms with van der Waals surface area (Å²) in [6, 6.07) is 20.7. The number of nitrogens with two attached hydrogens (primary N) is 6. The standard InChI is InChI=1S/C23H27Cl2N5O.C23H29ClN6O2.C21H23Cl2N5O.C21H26ClN7O.C20H23Cl2N5O/c1-13-6-7-23(20(13)26)8-10-30(11-9-23)22-28-16-12-27-19(17(16)21(31)29(22)2)14-4-3-5-15(24)18(14)25;1-13-4-6-23(19(13)25)7-10-30(11-8-23)22-28-15-12-27-18(16(15)21(31)29(22)2)14-5-9-26-20(32-3)17(14)24;1-27-19(29)16-14(11-25-18(16)12-3-2-4-13(22)17(12)23)26-20(27)28-9-7-21(8-10-28)6-5-15(21)24;1-28-19(30)15-13(11-26-17(15)12-4-8-25-18(24)16(12)22)27-20(28)29-9-6-21(7-10-29)5-2-3-14(21)23;1-20(11-23)6-8-27(9-7-20)19-25-14-10-24-17(15(14)18(28)26(19)2)12-4-3-5-13(21)16(12)22/h3-5,13,20H,6-12,26H2,1-2H3;5,9,13,19H,4,6-8,10-12,25H2,1-3H3;2-4,15H,5-11,24H2,1H3;4,8,14H,2-3,5-7,9-11,23H2,1H3,(H2,24,25);3-5H,6-11,23H2,1-2H3/t13-,20-;13-,19-;15-;14-;/m1101./s1. The van der Waals surface area contributed by atoms with Gasteiger partial charge in [0.25, 0.3) is 27.8 Å². The molecule has 0 amide bonds. The maximum atomic E-state index is 13.4. The summed E-state index contributed by atoms with van der Waals surface area (Å²) in [6.07, 6.45) is 24.3. The molecule has 5 saturated heterocycles. The third-order valence-electron chi connectivity index (χ3n) is 35.4. The second kappa shape index (κ2) is 42.4. The largest absolute Gasteiger partial charge is 0.480 e. The number of fused-ring (bicyclic) bond motifs is 5. The van der Waals surface area contributed by atoms with Crippen LogP contribution in [-0.2, 0) is 68.0 Å². The second-order valence-electron chi connectivity index (χ2n) is 43.5. The number of pyridine rings is 2. The Morgan fingerprint density at radius 1 is 0.347 bits per heavy atom. The Kier molecular flexibility index (Phi) is 30.1. The smallest absolute Gasteiger partial charge is 0.264 e. The first kappa shape index (κ1) is 106. The van der Waals surface area contributed by atoms with Crippen LogP contribution in [-0.4, -0.2) is 190 Å². The van der Waals surface area contributed by atoms with Crippen LogP contribution in [0.15, 0.2) is 128 Å². The number of rotatable bonds is 12. The molecule has 42 heteroatoms. The Labute approximate surface area is 910 Å². The third kappa shape index (κ3) is 19.1. The summed E-state index contributed by atoms with van der Waals surface area (Å²) in [5, 5.41) is 3.19. The van der Waals surface area contributed by atoms with Crippen molar-refractivity contribution in [2.75, 3.05) is 109 Å². The summed E-state index contributed by atoms with van der Waals surface area (Å²) in [7, 11) is 10.4. The summed E-state index contributed by atoms with van der Waals surface area (Å²) in [6.45, 7) is 17.9. The average molecular weight is 2200 g/mol. The number of benzene rings is 3. The van der Waals surface area contributed by atoms with Crippen LogP contribution in [0.4, 0.5) is 35.6 Å². The van der Waals surface area contributed by atoms with Crippen molar-refractivity contribution >= 4 is 157 Å². The topological polar surface area (TPSA) is 444 Å². The maximum Gasteiger partial charge on any atom is 0.264 e. The van der Waals surface area contributed by atoms with Crippen molar-refractivity contribution in [2.45, 2.75) is 200 Å². The molecular weight excluding hydrogens is 2070 g/mol. The fraction of sp³-hybridized carbons (Fsp3) is 0.509. The molecule has 4 spiro atoms. The molecule has 34 nitrogen and oxygen atoms in total. The van der Waals surface area contributed by atoms with Gasteiger partial charge in [-0.2, -0.15) is 0 Å². The number of hydrogen-bond donors (Lipinski definition) is 6. The number of hydrogen-bond acceptors (Lipinski definition) is 29. The summed E-state index contributed by atoms with van der Waals surface area (Å²) >= 11 is 50.5. The molecule has 17 heterocycles. The lowest BCUT2D eigenvalue weighted by molar-refractivity contribution is 0.0607. The first-order valence-electron chi connectivity index (χ1n) is 52.0. The van der Waals surface area contributed by atoms with Gasteiger partial charge in [0, 0.05) is 165 Å². The average Bonchev–Trinajstić information content (AvgIpc) is 1.48. The molecule has 0 bridgehead atoms. The quantitative estimate of drug-likeness (QED) is 0.0661. The molecule has 4 aliphatic carbocycles. The Hall–Kier alpha value is -10.6. The number of piperidine rings is 5. The van der Waals surface area contributed by atoms with Gasteiger partial charge in [0.1, 0.15) is 10.8 Å². The maximum absolute atomic E-state index is 13.4. The van der Waals surface area contributed by atoms with E-state index in [-0.39, 0.29) is 67.4 Å². The zero-order valence-electron chi connectivity index (χ0n) is 86.0. The highest BCUT2D eigenvalue weighted by Gasteiger charge is 2.52. The fourth-order valence-electron chi connectivity index (χ4n) is 25.3. The molecule has 10 aromatic rings. The zero-order valence-corrected chi connectivity index (χ0v) is 92.0. The van der Waals surface area contributed by atoms with Crippen molar-refractivity contribution in [3.63, 3.8) is 0 Å². The van der Waals surface area contributed by atoms with Gasteiger partial charge in [-0.1, -0.05) is 156 Å². The number of methoxy groups -OCH3 is 1. The summed E-state index contributed by atoms with van der Waals surface area (Å²) in [5.41, 5.74) is 50.4. The molecule has 0 radical (unpaired) electrons. The monoisotopic (exact) mass is 2190 g/mol. The molecule has 12 N–H and O–H groups in total. The second-order valence-corrected chi connectivity index (χ2v) is 46.6. The first-order valence-corrected chi connectivity index (χ1v) is 55.0. The van der Waals surface area contributed by atoms with Gasteiger partial charge in [-0.25, -0.2) is 34.9 Å². The van der Waals surface area contributed by atoms with Crippen LogP contribution in [0.1, 0.15) is 227 Å². The fourth-order valence-corrected chi connectivity index (χ4v) is 27.0. The summed E-state index contributed by atoms with van der Waals surface area (Å²) in [5.74, 6) is 5.23. The van der Waals surface area contributed by atoms with Crippen LogP contribution < -0.4 is 91.4 Å². The Bertz CT molecular complexity index is 7520. The van der Waals surface area contributed by atoms with Gasteiger partial charge in [0.15, 0.2) is 0 Å². The third-order valence-corrected chi connectivity index (χ3v) is 38.6.